The third-order valence-corrected chi connectivity index (χ3v) is 13.4. The van der Waals surface area contributed by atoms with Crippen molar-refractivity contribution < 1.29 is 28.7 Å². The van der Waals surface area contributed by atoms with Gasteiger partial charge in [0.05, 0.1) is 60.5 Å². The second kappa shape index (κ2) is 18.6. The van der Waals surface area contributed by atoms with E-state index in [2.05, 4.69) is 104 Å². The Morgan fingerprint density at radius 2 is 1.09 bits per heavy atom. The summed E-state index contributed by atoms with van der Waals surface area (Å²) in [7, 11) is 6.64. The number of ether oxygens (including phenoxy) is 2. The number of nitrogens with zero attached hydrogens (tertiary/aromatic N) is 6. The Labute approximate surface area is 385 Å². The summed E-state index contributed by atoms with van der Waals surface area (Å²) in [6.07, 6.45) is 1.59. The fourth-order valence-corrected chi connectivity index (χ4v) is 9.87. The number of aromatic nitrogens is 4. The average molecular weight is 899 g/mol. The van der Waals surface area contributed by atoms with Crippen LogP contribution in [0.2, 0.25) is 0 Å². The molecule has 16 nitrogen and oxygen atoms in total. The minimum atomic E-state index is -0.764. The Morgan fingerprint density at radius 1 is 0.667 bits per heavy atom. The molecule has 5 heterocycles. The molecule has 0 bridgehead atoms. The minimum absolute atomic E-state index is 0.0207. The van der Waals surface area contributed by atoms with Crippen LogP contribution in [-0.4, -0.2) is 107 Å². The van der Waals surface area contributed by atoms with Crippen LogP contribution in [0.4, 0.5) is 21.0 Å². The zero-order valence-electron chi connectivity index (χ0n) is 39.2. The molecule has 3 aliphatic heterocycles. The average Bonchev–Trinajstić information content (AvgIpc) is 4.15. The van der Waals surface area contributed by atoms with E-state index in [1.807, 2.05) is 41.8 Å². The Hall–Kier alpha value is -6.84. The van der Waals surface area contributed by atoms with Crippen molar-refractivity contribution in [1.82, 2.24) is 40.4 Å². The van der Waals surface area contributed by atoms with Gasteiger partial charge in [0.2, 0.25) is 11.8 Å². The molecule has 0 spiro atoms. The van der Waals surface area contributed by atoms with Crippen molar-refractivity contribution in [3.8, 4) is 0 Å². The summed E-state index contributed by atoms with van der Waals surface area (Å²) in [4.78, 5) is 77.7. The number of carbonyl (C=O) groups excluding carboxylic acids is 4. The summed E-state index contributed by atoms with van der Waals surface area (Å²) in [5, 5.41) is 5.44. The van der Waals surface area contributed by atoms with Gasteiger partial charge in [-0.1, -0.05) is 64.1 Å². The molecule has 4 N–H and O–H groups in total. The first-order valence-corrected chi connectivity index (χ1v) is 22.7. The van der Waals surface area contributed by atoms with Crippen molar-refractivity contribution in [2.45, 2.75) is 89.6 Å². The van der Waals surface area contributed by atoms with Gasteiger partial charge in [-0.15, -0.1) is 0 Å². The summed E-state index contributed by atoms with van der Waals surface area (Å²) in [5.74, 6) is 0.612. The number of hydrogen-bond acceptors (Lipinski definition) is 10. The van der Waals surface area contributed by atoms with Crippen LogP contribution in [0, 0.1) is 11.8 Å². The van der Waals surface area contributed by atoms with E-state index in [0.29, 0.717) is 37.6 Å². The second-order valence-electron chi connectivity index (χ2n) is 18.8. The lowest BCUT2D eigenvalue weighted by atomic mass is 10.0. The van der Waals surface area contributed by atoms with Gasteiger partial charge in [-0.3, -0.25) is 9.59 Å². The molecule has 3 aliphatic rings. The molecule has 3 aromatic carbocycles. The smallest absolute Gasteiger partial charge is 0.407 e. The lowest BCUT2D eigenvalue weighted by Gasteiger charge is -2.33. The third-order valence-electron chi connectivity index (χ3n) is 13.4. The summed E-state index contributed by atoms with van der Waals surface area (Å²) >= 11 is 0. The van der Waals surface area contributed by atoms with Gasteiger partial charge in [-0.2, -0.15) is 0 Å². The first kappa shape index (κ1) is 45.7. The van der Waals surface area contributed by atoms with Gasteiger partial charge < -0.3 is 49.7 Å². The van der Waals surface area contributed by atoms with E-state index in [1.165, 1.54) is 14.2 Å². The van der Waals surface area contributed by atoms with E-state index in [0.717, 1.165) is 68.6 Å². The molecule has 16 heteroatoms. The van der Waals surface area contributed by atoms with Crippen molar-refractivity contribution >= 4 is 57.4 Å². The lowest BCUT2D eigenvalue weighted by molar-refractivity contribution is -0.136. The number of amides is 4. The maximum atomic E-state index is 14.0. The zero-order chi connectivity index (χ0) is 47.1. The topological polar surface area (TPSA) is 181 Å². The monoisotopic (exact) mass is 898 g/mol. The van der Waals surface area contributed by atoms with E-state index in [4.69, 9.17) is 19.4 Å². The molecule has 8 rings (SSSR count). The van der Waals surface area contributed by atoms with E-state index in [-0.39, 0.29) is 47.8 Å². The number of aromatic amines is 2. The number of hydrogen-bond donors (Lipinski definition) is 4. The highest BCUT2D eigenvalue weighted by molar-refractivity contribution is 5.88. The Morgan fingerprint density at radius 3 is 1.47 bits per heavy atom. The van der Waals surface area contributed by atoms with Crippen molar-refractivity contribution in [1.29, 1.82) is 0 Å². The molecule has 348 valence electrons. The van der Waals surface area contributed by atoms with Crippen molar-refractivity contribution in [2.75, 3.05) is 51.2 Å². The number of anilines is 2. The van der Waals surface area contributed by atoms with Crippen LogP contribution in [0.25, 0.3) is 22.1 Å². The SMILES string of the molecule is C=C1C[C@@H](c2nc3cc([C@H]4CC[C@H](c5ccc6[nH]c([C@@H]7CC(=C)CN7C(=O)[C@@H](NC(=O)OC)C(C)C)nc6c5)N4c4ccc(N(C)C)cc4)ccc3[nH]2)N(C(=O)[C@@H](NC(=O)OC)C(C)C)C1. The number of nitrogens with one attached hydrogen (secondary N) is 4. The van der Waals surface area contributed by atoms with Crippen LogP contribution in [0.5, 0.6) is 0 Å². The van der Waals surface area contributed by atoms with Gasteiger partial charge in [0, 0.05) is 38.6 Å². The standard InChI is InChI=1S/C50H62N10O6/c1-27(2)43(55-49(63)65-9)47(61)58-25-29(5)21-41(58)45-51-35-17-11-31(23-37(35)53-45)39-19-20-40(60(39)34-15-13-33(14-16-34)57(7)8)32-12-18-36-38(24-32)54-46(52-36)42-22-30(6)26-59(42)48(62)44(28(3)4)56-50(64)66-10/h11-18,23-24,27-28,39-44H,5-6,19-22,25-26H2,1-4,7-10H3,(H,51,53)(H,52,54)(H,55,63)(H,56,64)/t39-,40-,41+,42+,43+,44+/m1/s1. The number of H-pyrrole nitrogens is 2. The molecule has 3 saturated heterocycles. The molecule has 3 fully saturated rings. The number of carbonyl (C=O) groups is 4. The first-order chi connectivity index (χ1) is 31.5. The third kappa shape index (κ3) is 8.92. The molecule has 0 saturated carbocycles. The molecule has 0 unspecified atom stereocenters. The highest BCUT2D eigenvalue weighted by Gasteiger charge is 2.41. The number of methoxy groups -OCH3 is 2. The number of fused-ring (bicyclic) bond motifs is 2. The van der Waals surface area contributed by atoms with Gasteiger partial charge in [-0.05, 0) is 97.2 Å². The van der Waals surface area contributed by atoms with Crippen molar-refractivity contribution in [3.05, 3.63) is 108 Å². The number of alkyl carbamates (subject to hydrolysis) is 2. The fraction of sp³-hybridized carbons (Fsp3) is 0.440. The molecule has 0 radical (unpaired) electrons. The van der Waals surface area contributed by atoms with Crippen LogP contribution < -0.4 is 20.4 Å². The van der Waals surface area contributed by atoms with Gasteiger partial charge >= 0.3 is 12.2 Å². The fourth-order valence-electron chi connectivity index (χ4n) is 9.87. The Kier molecular flexibility index (Phi) is 12.9. The second-order valence-corrected chi connectivity index (χ2v) is 18.8. The first-order valence-electron chi connectivity index (χ1n) is 22.7. The molecular formula is C50H62N10O6. The van der Waals surface area contributed by atoms with E-state index >= 15 is 0 Å². The molecular weight excluding hydrogens is 837 g/mol. The van der Waals surface area contributed by atoms with Crippen molar-refractivity contribution in [3.63, 3.8) is 0 Å². The van der Waals surface area contributed by atoms with Gasteiger partial charge in [0.1, 0.15) is 23.7 Å². The predicted molar refractivity (Wildman–Crippen MR) is 255 cm³/mol. The highest BCUT2D eigenvalue weighted by atomic mass is 16.5. The van der Waals surface area contributed by atoms with Crippen LogP contribution in [0.1, 0.15) is 100 Å². The van der Waals surface area contributed by atoms with Crippen molar-refractivity contribution in [2.24, 2.45) is 11.8 Å². The molecule has 5 aromatic rings. The van der Waals surface area contributed by atoms with Crippen LogP contribution in [0.15, 0.2) is 85.0 Å². The minimum Gasteiger partial charge on any atom is -0.453 e. The zero-order valence-corrected chi connectivity index (χ0v) is 39.2. The van der Waals surface area contributed by atoms with Gasteiger partial charge in [-0.25, -0.2) is 19.6 Å². The summed E-state index contributed by atoms with van der Waals surface area (Å²) in [5.41, 5.74) is 9.63. The summed E-state index contributed by atoms with van der Waals surface area (Å²) in [6.45, 7) is 16.8. The van der Waals surface area contributed by atoms with Crippen LogP contribution in [0.3, 0.4) is 0 Å². The number of rotatable bonds is 12. The van der Waals surface area contributed by atoms with Gasteiger partial charge in [0.25, 0.3) is 0 Å². The quantitative estimate of drug-likeness (QED) is 0.0896. The normalized spacial score (nSPS) is 20.7. The van der Waals surface area contributed by atoms with Crippen LogP contribution >= 0.6 is 0 Å². The maximum absolute atomic E-state index is 14.0. The van der Waals surface area contributed by atoms with E-state index in [9.17, 15) is 19.2 Å². The maximum Gasteiger partial charge on any atom is 0.407 e. The summed E-state index contributed by atoms with van der Waals surface area (Å²) in [6, 6.07) is 19.3. The van der Waals surface area contributed by atoms with E-state index in [1.54, 1.807) is 9.80 Å². The highest BCUT2D eigenvalue weighted by Crippen LogP contribution is 2.48. The number of likely N-dealkylation sites (tertiary alicyclic amines) is 2. The molecule has 6 atom stereocenters. The van der Waals surface area contributed by atoms with Crippen LogP contribution in [-0.2, 0) is 19.1 Å². The predicted octanol–water partition coefficient (Wildman–Crippen LogP) is 8.01. The largest absolute Gasteiger partial charge is 0.453 e. The summed E-state index contributed by atoms with van der Waals surface area (Å²) < 4.78 is 9.66. The molecule has 2 aromatic heterocycles. The molecule has 66 heavy (non-hydrogen) atoms. The van der Waals surface area contributed by atoms with Gasteiger partial charge in [0.15, 0.2) is 0 Å². The number of benzene rings is 3. The lowest BCUT2D eigenvalue weighted by Crippen LogP contribution is -2.51. The molecule has 4 amide bonds. The van der Waals surface area contributed by atoms with E-state index < -0.39 is 24.3 Å². The Bertz CT molecular complexity index is 2510. The number of imidazole rings is 2. The Balaban J connectivity index is 1.09. The molecule has 0 aliphatic carbocycles.